The van der Waals surface area contributed by atoms with E-state index in [4.69, 9.17) is 14.0 Å². The Labute approximate surface area is 277 Å². The van der Waals surface area contributed by atoms with E-state index in [2.05, 4.69) is 0 Å². The molecule has 12 heteroatoms. The van der Waals surface area contributed by atoms with Crippen molar-refractivity contribution >= 4 is 19.4 Å². The molecular weight excluding hydrogens is 642 g/mol. The van der Waals surface area contributed by atoms with E-state index in [1.165, 1.54) is 12.2 Å². The molecule has 0 amide bonds. The molecule has 5 aliphatic rings. The average Bonchev–Trinajstić information content (AvgIpc) is 3.54. The summed E-state index contributed by atoms with van der Waals surface area (Å²) in [6.07, 6.45) is 2.25. The third-order valence-electron chi connectivity index (χ3n) is 12.0. The molecule has 0 spiro atoms. The summed E-state index contributed by atoms with van der Waals surface area (Å²) in [6, 6.07) is 15.1. The van der Waals surface area contributed by atoms with Crippen LogP contribution in [0.2, 0.25) is 0 Å². The molecule has 256 valence electrons. The molecule has 4 aliphatic carbocycles. The fourth-order valence-corrected chi connectivity index (χ4v) is 9.99. The van der Waals surface area contributed by atoms with Gasteiger partial charge in [0.25, 0.3) is 0 Å². The molecule has 0 unspecified atom stereocenters. The molecule has 9 atom stereocenters. The molecule has 1 aliphatic heterocycles. The number of Topliss-reactive ketones (excluding diaryl/α,β-unsaturated/α-hetero) is 1. The van der Waals surface area contributed by atoms with E-state index >= 15 is 4.39 Å². The number of aliphatic hydroxyl groups is 2. The van der Waals surface area contributed by atoms with Crippen molar-refractivity contribution in [3.63, 3.8) is 0 Å². The molecule has 0 radical (unpaired) electrons. The number of carbonyl (C=O) groups excluding carboxylic acids is 2. The summed E-state index contributed by atoms with van der Waals surface area (Å²) in [5, 5.41) is 21.2. The van der Waals surface area contributed by atoms with Crippen molar-refractivity contribution in [1.82, 2.24) is 0 Å². The second-order valence-electron chi connectivity index (χ2n) is 14.4. The number of carbonyl (C=O) groups is 2. The second-order valence-corrected chi connectivity index (χ2v) is 15.6. The van der Waals surface area contributed by atoms with Crippen molar-refractivity contribution in [3.05, 3.63) is 94.6 Å². The summed E-state index contributed by atoms with van der Waals surface area (Å²) < 4.78 is 47.3. The quantitative estimate of drug-likeness (QED) is 0.290. The highest BCUT2D eigenvalue weighted by Crippen LogP contribution is 2.72. The highest BCUT2D eigenvalue weighted by Gasteiger charge is 2.79. The van der Waals surface area contributed by atoms with Gasteiger partial charge in [0.05, 0.1) is 18.8 Å². The highest BCUT2D eigenvalue weighted by atomic mass is 31.2. The van der Waals surface area contributed by atoms with Gasteiger partial charge in [-0.3, -0.25) is 14.1 Å². The molecule has 10 nitrogen and oxygen atoms in total. The number of rotatable bonds is 8. The van der Waals surface area contributed by atoms with Crippen LogP contribution in [0.1, 0.15) is 68.1 Å². The third-order valence-corrected chi connectivity index (χ3v) is 12.5. The number of ether oxygens (including phenoxy) is 2. The molecule has 0 bridgehead atoms. The lowest BCUT2D eigenvalue weighted by Crippen LogP contribution is -2.69. The minimum absolute atomic E-state index is 0.0493. The van der Waals surface area contributed by atoms with Crippen LogP contribution in [0.15, 0.2) is 72.3 Å². The number of phosphoric acid groups is 1. The van der Waals surface area contributed by atoms with Crippen LogP contribution in [-0.2, 0) is 41.2 Å². The van der Waals surface area contributed by atoms with Crippen molar-refractivity contribution < 1.29 is 52.5 Å². The first-order chi connectivity index (χ1) is 22.6. The number of aliphatic hydroxyl groups excluding tert-OH is 2. The molecule has 4 N–H and O–H groups in total. The Balaban J connectivity index is 1.24. The van der Waals surface area contributed by atoms with E-state index < -0.39 is 72.6 Å². The standard InChI is InChI=1S/C36H40FO10P/c1-33-13-12-26(39)16-25(33)10-11-27-28-17-31-36(30(41)20-45-48(42,43)44,34(28,2)18-29(40)35(27,33)37)47-32(46-31)24-5-3-4-23(15-24)14-21-6-8-22(19-38)9-7-21/h3-9,12-13,15-16,27-29,31-32,38,40H,10-11,14,17-20H2,1-2H3,(H2,42,43,44)/t27-,28-,29-,31+,32+,33-,34-,35-,36+/m0/s1. The van der Waals surface area contributed by atoms with Crippen molar-refractivity contribution in [3.8, 4) is 0 Å². The highest BCUT2D eigenvalue weighted by molar-refractivity contribution is 7.46. The zero-order valence-corrected chi connectivity index (χ0v) is 27.6. The Morgan fingerprint density at radius 1 is 1.08 bits per heavy atom. The van der Waals surface area contributed by atoms with E-state index in [1.54, 1.807) is 19.9 Å². The van der Waals surface area contributed by atoms with Gasteiger partial charge in [0.2, 0.25) is 0 Å². The van der Waals surface area contributed by atoms with Crippen molar-refractivity contribution in [2.75, 3.05) is 6.61 Å². The van der Waals surface area contributed by atoms with Gasteiger partial charge >= 0.3 is 7.82 Å². The van der Waals surface area contributed by atoms with Crippen LogP contribution < -0.4 is 0 Å². The normalized spacial score (nSPS) is 38.5. The van der Waals surface area contributed by atoms with Crippen LogP contribution in [0.4, 0.5) is 4.39 Å². The van der Waals surface area contributed by atoms with Gasteiger partial charge in [-0.1, -0.05) is 67.1 Å². The van der Waals surface area contributed by atoms with Gasteiger partial charge in [0, 0.05) is 22.3 Å². The molecule has 2 aromatic rings. The SMILES string of the molecule is C[C@]12C=CC(=O)C=C1CC[C@H]1[C@@H]3C[C@H]4O[C@@H](c5cccc(Cc6ccc(CO)cc6)c5)O[C@@]4(C(=O)COP(=O)(O)O)[C@@]3(C)C[C@H](O)[C@@]12F. The average molecular weight is 683 g/mol. The van der Waals surface area contributed by atoms with E-state index in [0.29, 0.717) is 30.4 Å². The predicted molar refractivity (Wildman–Crippen MR) is 170 cm³/mol. The van der Waals surface area contributed by atoms with Crippen LogP contribution in [-0.4, -0.2) is 61.7 Å². The number of alkyl halides is 1. The molecule has 0 aromatic heterocycles. The summed E-state index contributed by atoms with van der Waals surface area (Å²) in [4.78, 5) is 45.4. The van der Waals surface area contributed by atoms with Crippen molar-refractivity contribution in [2.45, 2.75) is 82.3 Å². The van der Waals surface area contributed by atoms with Gasteiger partial charge in [-0.05, 0) is 73.8 Å². The number of ketones is 2. The minimum Gasteiger partial charge on any atom is -0.392 e. The fourth-order valence-electron chi connectivity index (χ4n) is 9.70. The Morgan fingerprint density at radius 3 is 2.52 bits per heavy atom. The first-order valence-electron chi connectivity index (χ1n) is 16.3. The number of hydrogen-bond acceptors (Lipinski definition) is 8. The number of halogens is 1. The van der Waals surface area contributed by atoms with Crippen LogP contribution in [0.25, 0.3) is 0 Å². The Morgan fingerprint density at radius 2 is 1.81 bits per heavy atom. The van der Waals surface area contributed by atoms with E-state index in [1.807, 2.05) is 48.5 Å². The third kappa shape index (κ3) is 4.97. The van der Waals surface area contributed by atoms with E-state index in [9.17, 15) is 34.2 Å². The number of fused-ring (bicyclic) bond motifs is 7. The van der Waals surface area contributed by atoms with E-state index in [0.717, 1.165) is 16.7 Å². The molecule has 3 saturated carbocycles. The summed E-state index contributed by atoms with van der Waals surface area (Å²) in [5.74, 6) is -2.20. The number of phosphoric ester groups is 1. The zero-order chi connectivity index (χ0) is 34.3. The van der Waals surface area contributed by atoms with Crippen LogP contribution in [0.5, 0.6) is 0 Å². The van der Waals surface area contributed by atoms with Gasteiger partial charge in [0.1, 0.15) is 6.61 Å². The maximum atomic E-state index is 17.7. The van der Waals surface area contributed by atoms with Gasteiger partial charge in [-0.25, -0.2) is 8.96 Å². The Hall–Kier alpha value is -2.86. The Bertz CT molecular complexity index is 1750. The molecule has 1 saturated heterocycles. The maximum absolute atomic E-state index is 17.7. The van der Waals surface area contributed by atoms with Crippen LogP contribution in [0.3, 0.4) is 0 Å². The molecule has 1 heterocycles. The number of hydrogen-bond donors (Lipinski definition) is 4. The Kier molecular flexibility index (Phi) is 8.13. The molecule has 48 heavy (non-hydrogen) atoms. The largest absolute Gasteiger partial charge is 0.470 e. The predicted octanol–water partition coefficient (Wildman–Crippen LogP) is 4.58. The van der Waals surface area contributed by atoms with Crippen molar-refractivity contribution in [1.29, 1.82) is 0 Å². The van der Waals surface area contributed by atoms with Gasteiger partial charge < -0.3 is 29.5 Å². The molecule has 4 fully saturated rings. The van der Waals surface area contributed by atoms with Gasteiger partial charge in [0.15, 0.2) is 29.1 Å². The van der Waals surface area contributed by atoms with Gasteiger partial charge in [-0.2, -0.15) is 0 Å². The summed E-state index contributed by atoms with van der Waals surface area (Å²) in [5.41, 5.74) is -2.34. The van der Waals surface area contributed by atoms with Crippen LogP contribution in [0, 0.1) is 22.7 Å². The lowest BCUT2D eigenvalue weighted by molar-refractivity contribution is -0.231. The summed E-state index contributed by atoms with van der Waals surface area (Å²) in [7, 11) is -5.04. The maximum Gasteiger partial charge on any atom is 0.470 e. The number of allylic oxidation sites excluding steroid dienone is 4. The molecule has 7 rings (SSSR count). The monoisotopic (exact) mass is 682 g/mol. The first-order valence-corrected chi connectivity index (χ1v) is 17.8. The topological polar surface area (TPSA) is 160 Å². The lowest BCUT2D eigenvalue weighted by Gasteiger charge is -2.62. The first kappa shape index (κ1) is 33.6. The van der Waals surface area contributed by atoms with Gasteiger partial charge in [-0.15, -0.1) is 0 Å². The molecule has 2 aromatic carbocycles. The summed E-state index contributed by atoms with van der Waals surface area (Å²) >= 11 is 0. The van der Waals surface area contributed by atoms with E-state index in [-0.39, 0.29) is 25.2 Å². The summed E-state index contributed by atoms with van der Waals surface area (Å²) in [6.45, 7) is 2.48. The van der Waals surface area contributed by atoms with Crippen LogP contribution >= 0.6 is 7.82 Å². The zero-order valence-electron chi connectivity index (χ0n) is 26.8. The lowest BCUT2D eigenvalue weighted by atomic mass is 9.44. The molecular formula is C36H40FO10P. The second kappa shape index (κ2) is 11.6. The smallest absolute Gasteiger partial charge is 0.392 e. The number of benzene rings is 2. The van der Waals surface area contributed by atoms with Crippen molar-refractivity contribution in [2.24, 2.45) is 22.7 Å². The fraction of sp³-hybridized carbons (Fsp3) is 0.500. The minimum atomic E-state index is -5.04.